The standard InChI is InChI=1S/C32H56N2O6/c1-2-3-4-5-6-7-8-9-10-11-12-13-14-15-19-22-26(33)31-28(30(37)29(36)27(23-35)40-31)34-32(38)39-24-25-20-17-16-18-21-25/h16-18,20-21,26-31,35-37H,2-15,19,22-24,33H2,1H3,(H,34,38)/t26?,27-,28-,29+,30-,31+/m1/s1. The fourth-order valence-electron chi connectivity index (χ4n) is 5.50. The summed E-state index contributed by atoms with van der Waals surface area (Å²) >= 11 is 0. The van der Waals surface area contributed by atoms with E-state index >= 15 is 0 Å². The lowest BCUT2D eigenvalue weighted by molar-refractivity contribution is -0.198. The summed E-state index contributed by atoms with van der Waals surface area (Å²) in [5, 5.41) is 33.4. The molecule has 1 aromatic carbocycles. The fraction of sp³-hybridized carbons (Fsp3) is 0.781. The predicted molar refractivity (Wildman–Crippen MR) is 159 cm³/mol. The molecule has 1 unspecified atom stereocenters. The molecule has 0 aliphatic carbocycles. The van der Waals surface area contributed by atoms with Gasteiger partial charge in [-0.3, -0.25) is 0 Å². The monoisotopic (exact) mass is 564 g/mol. The summed E-state index contributed by atoms with van der Waals surface area (Å²) in [6.45, 7) is 1.89. The highest BCUT2D eigenvalue weighted by Gasteiger charge is 2.47. The Bertz CT molecular complexity index is 767. The van der Waals surface area contributed by atoms with E-state index in [1.165, 1.54) is 77.0 Å². The molecular formula is C32H56N2O6. The van der Waals surface area contributed by atoms with Crippen molar-refractivity contribution in [2.24, 2.45) is 5.73 Å². The Kier molecular flexibility index (Phi) is 18.2. The van der Waals surface area contributed by atoms with Crippen LogP contribution in [0.2, 0.25) is 0 Å². The quantitative estimate of drug-likeness (QED) is 0.127. The average Bonchev–Trinajstić information content (AvgIpc) is 2.97. The van der Waals surface area contributed by atoms with Crippen molar-refractivity contribution in [3.05, 3.63) is 35.9 Å². The van der Waals surface area contributed by atoms with Crippen molar-refractivity contribution in [2.45, 2.75) is 153 Å². The summed E-state index contributed by atoms with van der Waals surface area (Å²) < 4.78 is 11.2. The molecule has 0 bridgehead atoms. The second-order valence-corrected chi connectivity index (χ2v) is 11.4. The number of amides is 1. The Morgan fingerprint density at radius 3 is 1.93 bits per heavy atom. The van der Waals surface area contributed by atoms with Crippen LogP contribution >= 0.6 is 0 Å². The fourth-order valence-corrected chi connectivity index (χ4v) is 5.50. The number of nitrogens with two attached hydrogens (primary N) is 1. The minimum absolute atomic E-state index is 0.0774. The molecule has 8 heteroatoms. The van der Waals surface area contributed by atoms with Crippen molar-refractivity contribution in [3.8, 4) is 0 Å². The molecule has 1 fully saturated rings. The number of ether oxygens (including phenoxy) is 2. The molecule has 1 aromatic rings. The molecule has 6 N–H and O–H groups in total. The van der Waals surface area contributed by atoms with Crippen molar-refractivity contribution in [1.82, 2.24) is 5.32 Å². The van der Waals surface area contributed by atoms with Crippen LogP contribution in [0.15, 0.2) is 30.3 Å². The summed E-state index contributed by atoms with van der Waals surface area (Å²) in [5.74, 6) is 0. The number of unbranched alkanes of at least 4 members (excludes halogenated alkanes) is 14. The maximum absolute atomic E-state index is 12.5. The second kappa shape index (κ2) is 21.1. The summed E-state index contributed by atoms with van der Waals surface area (Å²) in [5.41, 5.74) is 7.30. The van der Waals surface area contributed by atoms with Crippen molar-refractivity contribution in [1.29, 1.82) is 0 Å². The lowest BCUT2D eigenvalue weighted by atomic mass is 9.87. The number of aliphatic hydroxyl groups is 3. The number of alkyl carbamates (subject to hydrolysis) is 1. The van der Waals surface area contributed by atoms with Crippen LogP contribution in [0.1, 0.15) is 115 Å². The first-order chi connectivity index (χ1) is 19.5. The molecule has 1 amide bonds. The van der Waals surface area contributed by atoms with E-state index in [1.54, 1.807) is 0 Å². The van der Waals surface area contributed by atoms with Gasteiger partial charge in [0.05, 0.1) is 18.8 Å². The van der Waals surface area contributed by atoms with Crippen LogP contribution in [-0.2, 0) is 16.1 Å². The van der Waals surface area contributed by atoms with E-state index in [9.17, 15) is 20.1 Å². The predicted octanol–water partition coefficient (Wildman–Crippen LogP) is 5.35. The molecule has 1 heterocycles. The van der Waals surface area contributed by atoms with Gasteiger partial charge in [0.2, 0.25) is 0 Å². The normalized spacial score (nSPS) is 23.6. The first-order valence-electron chi connectivity index (χ1n) is 15.8. The van der Waals surface area contributed by atoms with Gasteiger partial charge in [0.1, 0.15) is 24.9 Å². The van der Waals surface area contributed by atoms with Crippen molar-refractivity contribution in [2.75, 3.05) is 6.61 Å². The van der Waals surface area contributed by atoms with Crippen molar-refractivity contribution >= 4 is 6.09 Å². The molecule has 1 saturated heterocycles. The number of nitrogens with one attached hydrogen (secondary N) is 1. The average molecular weight is 565 g/mol. The molecule has 0 radical (unpaired) electrons. The third kappa shape index (κ3) is 13.3. The SMILES string of the molecule is CCCCCCCCCCCCCCCCCC(N)[C@@H]1O[C@H](CO)[C@H](O)[C@H](O)[C@H]1NC(=O)OCc1ccccc1. The van der Waals surface area contributed by atoms with Gasteiger partial charge in [-0.2, -0.15) is 0 Å². The second-order valence-electron chi connectivity index (χ2n) is 11.4. The minimum Gasteiger partial charge on any atom is -0.445 e. The largest absolute Gasteiger partial charge is 0.445 e. The number of aliphatic hydroxyl groups excluding tert-OH is 3. The van der Waals surface area contributed by atoms with E-state index in [1.807, 2.05) is 30.3 Å². The Morgan fingerprint density at radius 1 is 0.875 bits per heavy atom. The maximum Gasteiger partial charge on any atom is 0.407 e. The summed E-state index contributed by atoms with van der Waals surface area (Å²) in [7, 11) is 0. The molecule has 1 aliphatic rings. The van der Waals surface area contributed by atoms with Gasteiger partial charge < -0.3 is 35.8 Å². The third-order valence-corrected chi connectivity index (χ3v) is 8.02. The van der Waals surface area contributed by atoms with E-state index < -0.39 is 49.2 Å². The molecule has 8 nitrogen and oxygen atoms in total. The van der Waals surface area contributed by atoms with E-state index in [2.05, 4.69) is 12.2 Å². The van der Waals surface area contributed by atoms with Gasteiger partial charge in [-0.25, -0.2) is 4.79 Å². The van der Waals surface area contributed by atoms with Gasteiger partial charge in [-0.05, 0) is 12.0 Å². The van der Waals surface area contributed by atoms with Crippen molar-refractivity contribution < 1.29 is 29.6 Å². The number of benzene rings is 1. The molecule has 0 saturated carbocycles. The molecule has 0 spiro atoms. The lowest BCUT2D eigenvalue weighted by Crippen LogP contribution is -2.67. The van der Waals surface area contributed by atoms with Crippen LogP contribution in [-0.4, -0.2) is 64.5 Å². The Morgan fingerprint density at radius 2 is 1.40 bits per heavy atom. The van der Waals surface area contributed by atoms with Crippen LogP contribution < -0.4 is 11.1 Å². The molecule has 40 heavy (non-hydrogen) atoms. The first kappa shape index (κ1) is 34.5. The zero-order valence-corrected chi connectivity index (χ0v) is 24.7. The van der Waals surface area contributed by atoms with Crippen LogP contribution in [0.3, 0.4) is 0 Å². The van der Waals surface area contributed by atoms with Crippen LogP contribution in [0.4, 0.5) is 4.79 Å². The number of rotatable bonds is 21. The number of carbonyl (C=O) groups excluding carboxylic acids is 1. The molecule has 1 aliphatic heterocycles. The van der Waals surface area contributed by atoms with Crippen LogP contribution in [0.5, 0.6) is 0 Å². The van der Waals surface area contributed by atoms with Crippen LogP contribution in [0, 0.1) is 0 Å². The smallest absolute Gasteiger partial charge is 0.407 e. The zero-order chi connectivity index (χ0) is 29.0. The van der Waals surface area contributed by atoms with E-state index in [4.69, 9.17) is 15.2 Å². The zero-order valence-electron chi connectivity index (χ0n) is 24.7. The van der Waals surface area contributed by atoms with E-state index in [0.717, 1.165) is 24.8 Å². The third-order valence-electron chi connectivity index (χ3n) is 8.02. The summed E-state index contributed by atoms with van der Waals surface area (Å²) in [6, 6.07) is 7.85. The van der Waals surface area contributed by atoms with Gasteiger partial charge in [0.25, 0.3) is 0 Å². The lowest BCUT2D eigenvalue weighted by Gasteiger charge is -2.44. The highest BCUT2D eigenvalue weighted by Crippen LogP contribution is 2.25. The Labute approximate surface area is 242 Å². The first-order valence-corrected chi connectivity index (χ1v) is 15.8. The Hall–Kier alpha value is -1.71. The van der Waals surface area contributed by atoms with Gasteiger partial charge >= 0.3 is 6.09 Å². The molecule has 6 atom stereocenters. The van der Waals surface area contributed by atoms with Gasteiger partial charge in [0.15, 0.2) is 0 Å². The van der Waals surface area contributed by atoms with E-state index in [-0.39, 0.29) is 6.61 Å². The molecule has 2 rings (SSSR count). The van der Waals surface area contributed by atoms with Gasteiger partial charge in [0, 0.05) is 6.04 Å². The summed E-state index contributed by atoms with van der Waals surface area (Å²) in [6.07, 6.45) is 14.8. The number of hydrogen-bond acceptors (Lipinski definition) is 7. The van der Waals surface area contributed by atoms with Crippen LogP contribution in [0.25, 0.3) is 0 Å². The topological polar surface area (TPSA) is 134 Å². The highest BCUT2D eigenvalue weighted by atomic mass is 16.6. The molecule has 0 aromatic heterocycles. The summed E-state index contributed by atoms with van der Waals surface area (Å²) in [4.78, 5) is 12.5. The Balaban J connectivity index is 1.65. The number of hydrogen-bond donors (Lipinski definition) is 5. The van der Waals surface area contributed by atoms with Crippen molar-refractivity contribution in [3.63, 3.8) is 0 Å². The maximum atomic E-state index is 12.5. The number of carbonyl (C=O) groups is 1. The van der Waals surface area contributed by atoms with Gasteiger partial charge in [-0.15, -0.1) is 0 Å². The minimum atomic E-state index is -1.35. The van der Waals surface area contributed by atoms with E-state index in [0.29, 0.717) is 6.42 Å². The molecular weight excluding hydrogens is 508 g/mol. The van der Waals surface area contributed by atoms with Gasteiger partial charge in [-0.1, -0.05) is 134 Å². The highest BCUT2D eigenvalue weighted by molar-refractivity contribution is 5.68. The molecule has 230 valence electrons.